The van der Waals surface area contributed by atoms with Crippen LogP contribution >= 0.6 is 0 Å². The molecule has 0 saturated carbocycles. The van der Waals surface area contributed by atoms with Crippen molar-refractivity contribution in [1.82, 2.24) is 0 Å². The zero-order valence-electron chi connectivity index (χ0n) is 7.83. The molecule has 0 aliphatic rings. The van der Waals surface area contributed by atoms with Crippen LogP contribution in [0.5, 0.6) is 0 Å². The van der Waals surface area contributed by atoms with Crippen LogP contribution in [0.3, 0.4) is 0 Å². The van der Waals surface area contributed by atoms with Crippen LogP contribution in [-0.4, -0.2) is 0 Å². The summed E-state index contributed by atoms with van der Waals surface area (Å²) in [6.45, 7) is 0. The van der Waals surface area contributed by atoms with Crippen molar-refractivity contribution in [2.45, 2.75) is 6.18 Å². The molecule has 2 aromatic carbocycles. The maximum Gasteiger partial charge on any atom is 0.370 e. The first-order valence-electron chi connectivity index (χ1n) is 4.06. The van der Waals surface area contributed by atoms with Crippen LogP contribution in [0.15, 0.2) is 54.6 Å². The van der Waals surface area contributed by atoms with Crippen molar-refractivity contribution < 1.29 is 39.0 Å². The minimum Gasteiger partial charge on any atom is -0.214 e. The summed E-state index contributed by atoms with van der Waals surface area (Å²) < 4.78 is 34.9. The number of alkyl halides is 3. The van der Waals surface area contributed by atoms with Crippen LogP contribution in [-0.2, 0) is 32.0 Å². The Labute approximate surface area is 105 Å². The molecule has 0 aliphatic carbocycles. The number of hydrogen-bond donors (Lipinski definition) is 0. The molecule has 0 unspecified atom stereocenters. The van der Waals surface area contributed by atoms with Gasteiger partial charge in [0.1, 0.15) is 0 Å². The molecule has 15 heavy (non-hydrogen) atoms. The fourth-order valence-electron chi connectivity index (χ4n) is 0.884. The van der Waals surface area contributed by atoms with Crippen molar-refractivity contribution in [3.8, 4) is 0 Å². The van der Waals surface area contributed by atoms with Gasteiger partial charge in [0.2, 0.25) is 0 Å². The Morgan fingerprint density at radius 3 is 1.53 bits per heavy atom. The van der Waals surface area contributed by atoms with Crippen LogP contribution in [0, 0.1) is 0 Å². The monoisotopic (exact) mass is 378 g/mol. The van der Waals surface area contributed by atoms with Crippen molar-refractivity contribution in [2.24, 2.45) is 0 Å². The molecule has 0 atom stereocenters. The normalized spacial score (nSPS) is 9.80. The Hall–Kier alpha value is -0.640. The standard InChI is InChI=1S/C6H4F3.C5H5.Hf/c7-6(8,9)5-3-1-2-4-5;1-2-4-5-3-1;/h1-4H;1-5H;/q2*-1;. The van der Waals surface area contributed by atoms with Crippen molar-refractivity contribution in [3.05, 3.63) is 60.2 Å². The van der Waals surface area contributed by atoms with E-state index in [1.54, 1.807) is 0 Å². The zero-order chi connectivity index (χ0) is 10.4. The first kappa shape index (κ1) is 14.4. The second-order valence-corrected chi connectivity index (χ2v) is 2.63. The first-order valence-corrected chi connectivity index (χ1v) is 4.06. The van der Waals surface area contributed by atoms with E-state index in [1.165, 1.54) is 12.1 Å². The van der Waals surface area contributed by atoms with Crippen molar-refractivity contribution in [2.75, 3.05) is 0 Å². The molecule has 0 aromatic heterocycles. The second kappa shape index (κ2) is 6.77. The van der Waals surface area contributed by atoms with Gasteiger partial charge in [-0.3, -0.25) is 0 Å². The molecular weight excluding hydrogens is 368 g/mol. The van der Waals surface area contributed by atoms with Gasteiger partial charge in [-0.25, -0.2) is 24.3 Å². The fourth-order valence-corrected chi connectivity index (χ4v) is 0.884. The predicted molar refractivity (Wildman–Crippen MR) is 49.1 cm³/mol. The Balaban J connectivity index is 0.000000280. The van der Waals surface area contributed by atoms with Gasteiger partial charge < -0.3 is 0 Å². The van der Waals surface area contributed by atoms with Crippen LogP contribution in [0.4, 0.5) is 13.2 Å². The summed E-state index contributed by atoms with van der Waals surface area (Å²) in [4.78, 5) is 0. The number of rotatable bonds is 0. The van der Waals surface area contributed by atoms with E-state index < -0.39 is 11.7 Å². The van der Waals surface area contributed by atoms with Crippen LogP contribution < -0.4 is 0 Å². The van der Waals surface area contributed by atoms with E-state index in [9.17, 15) is 13.2 Å². The van der Waals surface area contributed by atoms with E-state index in [2.05, 4.69) is 0 Å². The number of hydrogen-bond acceptors (Lipinski definition) is 0. The first-order chi connectivity index (χ1) is 6.61. The molecule has 2 aromatic rings. The maximum absolute atomic E-state index is 11.6. The van der Waals surface area contributed by atoms with Crippen LogP contribution in [0.1, 0.15) is 5.56 Å². The Morgan fingerprint density at radius 2 is 1.33 bits per heavy atom. The molecule has 0 spiro atoms. The van der Waals surface area contributed by atoms with Crippen molar-refractivity contribution in [1.29, 1.82) is 0 Å². The molecule has 80 valence electrons. The zero-order valence-corrected chi connectivity index (χ0v) is 11.4. The third kappa shape index (κ3) is 5.72. The average molecular weight is 377 g/mol. The summed E-state index contributed by atoms with van der Waals surface area (Å²) in [6, 6.07) is 14.8. The summed E-state index contributed by atoms with van der Waals surface area (Å²) in [7, 11) is 0. The molecule has 0 amide bonds. The van der Waals surface area contributed by atoms with Gasteiger partial charge in [-0.05, 0) is 0 Å². The van der Waals surface area contributed by atoms with E-state index in [1.807, 2.05) is 30.3 Å². The van der Waals surface area contributed by atoms with Crippen molar-refractivity contribution >= 4 is 0 Å². The smallest absolute Gasteiger partial charge is 0.214 e. The average Bonchev–Trinajstić information content (AvgIpc) is 2.80. The van der Waals surface area contributed by atoms with E-state index >= 15 is 0 Å². The van der Waals surface area contributed by atoms with Gasteiger partial charge in [0, 0.05) is 25.8 Å². The Morgan fingerprint density at radius 1 is 0.867 bits per heavy atom. The fraction of sp³-hybridized carbons (Fsp3) is 0.0909. The molecule has 0 bridgehead atoms. The van der Waals surface area contributed by atoms with E-state index in [0.717, 1.165) is 12.1 Å². The van der Waals surface area contributed by atoms with E-state index in [4.69, 9.17) is 0 Å². The SMILES string of the molecule is FC(F)(F)[c-]1cccc1.[Hf].c1cc[cH-]c1. The molecular formula is C11H9F3Hf-2. The minimum absolute atomic E-state index is 0. The molecule has 0 nitrogen and oxygen atoms in total. The molecule has 0 aliphatic heterocycles. The van der Waals surface area contributed by atoms with E-state index in [0.29, 0.717) is 0 Å². The van der Waals surface area contributed by atoms with Crippen LogP contribution in [0.2, 0.25) is 0 Å². The topological polar surface area (TPSA) is 0 Å². The maximum atomic E-state index is 11.6. The molecule has 0 saturated heterocycles. The molecule has 4 heteroatoms. The van der Waals surface area contributed by atoms with Crippen LogP contribution in [0.25, 0.3) is 0 Å². The summed E-state index contributed by atoms with van der Waals surface area (Å²) in [5, 5.41) is 0. The van der Waals surface area contributed by atoms with Gasteiger partial charge in [-0.15, -0.1) is 0 Å². The summed E-state index contributed by atoms with van der Waals surface area (Å²) in [5.74, 6) is 0. The van der Waals surface area contributed by atoms with Gasteiger partial charge in [0.05, 0.1) is 0 Å². The Kier molecular flexibility index (Phi) is 6.48. The van der Waals surface area contributed by atoms with Gasteiger partial charge in [-0.1, -0.05) is 5.56 Å². The van der Waals surface area contributed by atoms with Gasteiger partial charge in [-0.2, -0.15) is 43.5 Å². The molecule has 0 N–H and O–H groups in total. The minimum atomic E-state index is -4.18. The van der Waals surface area contributed by atoms with Gasteiger partial charge in [0.25, 0.3) is 0 Å². The largest absolute Gasteiger partial charge is 0.370 e. The van der Waals surface area contributed by atoms with Gasteiger partial charge in [0.15, 0.2) is 0 Å². The van der Waals surface area contributed by atoms with Crippen molar-refractivity contribution in [3.63, 3.8) is 0 Å². The van der Waals surface area contributed by atoms with E-state index in [-0.39, 0.29) is 25.8 Å². The van der Waals surface area contributed by atoms with Gasteiger partial charge >= 0.3 is 6.18 Å². The quantitative estimate of drug-likeness (QED) is 0.484. The summed E-state index contributed by atoms with van der Waals surface area (Å²) >= 11 is 0. The third-order valence-corrected chi connectivity index (χ3v) is 1.55. The Bertz CT molecular complexity index is 302. The predicted octanol–water partition coefficient (Wildman–Crippen LogP) is 3.83. The summed E-state index contributed by atoms with van der Waals surface area (Å²) in [5.41, 5.74) is -0.581. The molecule has 0 fully saturated rings. The summed E-state index contributed by atoms with van der Waals surface area (Å²) in [6.07, 6.45) is -4.18. The molecule has 0 radical (unpaired) electrons. The molecule has 2 rings (SSSR count). The number of halogens is 3. The third-order valence-electron chi connectivity index (χ3n) is 1.55. The molecule has 0 heterocycles. The second-order valence-electron chi connectivity index (χ2n) is 2.63.